The van der Waals surface area contributed by atoms with Crippen LogP contribution in [0.3, 0.4) is 0 Å². The highest BCUT2D eigenvalue weighted by molar-refractivity contribution is 7.99. The van der Waals surface area contributed by atoms with Crippen LogP contribution in [0.4, 0.5) is 0 Å². The van der Waals surface area contributed by atoms with Gasteiger partial charge in [-0.3, -0.25) is 4.57 Å². The van der Waals surface area contributed by atoms with Crippen LogP contribution in [-0.2, 0) is 19.4 Å². The molecular weight excluding hydrogens is 320 g/mol. The molecule has 1 aliphatic carbocycles. The topological polar surface area (TPSA) is 55.1 Å². The van der Waals surface area contributed by atoms with Crippen molar-refractivity contribution in [1.82, 2.24) is 9.55 Å². The van der Waals surface area contributed by atoms with Crippen molar-refractivity contribution in [2.45, 2.75) is 37.3 Å². The molecule has 1 aromatic carbocycles. The molecule has 0 saturated carbocycles. The number of benzene rings is 1. The number of thioether (sulfide) groups is 1. The number of aromatic nitrogens is 2. The monoisotopic (exact) mass is 342 g/mol. The largest absolute Gasteiger partial charge is 0.396 e. The predicted molar refractivity (Wildman–Crippen MR) is 98.4 cm³/mol. The summed E-state index contributed by atoms with van der Waals surface area (Å²) in [7, 11) is 0. The summed E-state index contributed by atoms with van der Waals surface area (Å²) in [5.41, 5.74) is 3.35. The van der Waals surface area contributed by atoms with Gasteiger partial charge < -0.3 is 5.11 Å². The lowest BCUT2D eigenvalue weighted by atomic mass is 10.2. The summed E-state index contributed by atoms with van der Waals surface area (Å²) in [6, 6.07) is 10.2. The Labute approximate surface area is 146 Å². The van der Waals surface area contributed by atoms with E-state index in [0.717, 1.165) is 35.7 Å². The second-order valence-electron chi connectivity index (χ2n) is 5.83. The standard InChI is InChI=1S/C19H22N2O2S/c22-13-6-12-21-17-11-4-10-16(17)18(20-19(21)23)24-14-5-9-15-7-2-1-3-8-15/h1-3,5,7-9,22H,4,6,10-14H2/b9-5+. The second kappa shape index (κ2) is 8.31. The predicted octanol–water partition coefficient (Wildman–Crippen LogP) is 2.92. The first-order valence-electron chi connectivity index (χ1n) is 8.37. The Balaban J connectivity index is 1.72. The van der Waals surface area contributed by atoms with Crippen molar-refractivity contribution in [3.63, 3.8) is 0 Å². The average Bonchev–Trinajstić information content (AvgIpc) is 3.09. The molecule has 0 amide bonds. The van der Waals surface area contributed by atoms with Crippen LogP contribution in [-0.4, -0.2) is 27.0 Å². The van der Waals surface area contributed by atoms with E-state index in [2.05, 4.69) is 29.3 Å². The van der Waals surface area contributed by atoms with Gasteiger partial charge in [0, 0.05) is 30.2 Å². The van der Waals surface area contributed by atoms with Crippen molar-refractivity contribution in [1.29, 1.82) is 0 Å². The fourth-order valence-electron chi connectivity index (χ4n) is 3.04. The quantitative estimate of drug-likeness (QED) is 0.621. The van der Waals surface area contributed by atoms with Crippen LogP contribution >= 0.6 is 11.8 Å². The Bertz CT molecular complexity index is 769. The molecule has 1 heterocycles. The summed E-state index contributed by atoms with van der Waals surface area (Å²) in [5.74, 6) is 0.800. The van der Waals surface area contributed by atoms with E-state index in [4.69, 9.17) is 5.11 Å². The Morgan fingerprint density at radius 3 is 2.88 bits per heavy atom. The van der Waals surface area contributed by atoms with Crippen LogP contribution in [0.1, 0.15) is 29.7 Å². The zero-order valence-electron chi connectivity index (χ0n) is 13.6. The zero-order chi connectivity index (χ0) is 16.8. The van der Waals surface area contributed by atoms with Gasteiger partial charge in [0.05, 0.1) is 0 Å². The first-order chi connectivity index (χ1) is 11.8. The first kappa shape index (κ1) is 17.0. The van der Waals surface area contributed by atoms with E-state index in [1.54, 1.807) is 16.3 Å². The summed E-state index contributed by atoms with van der Waals surface area (Å²) in [4.78, 5) is 16.6. The van der Waals surface area contributed by atoms with Crippen LogP contribution in [0, 0.1) is 0 Å². The number of rotatable bonds is 7. The number of nitrogens with zero attached hydrogens (tertiary/aromatic N) is 2. The zero-order valence-corrected chi connectivity index (χ0v) is 14.5. The SMILES string of the molecule is O=c1nc(SC/C=C/c2ccccc2)c2c(n1CCCO)CCC2. The number of aliphatic hydroxyl groups excluding tert-OH is 1. The van der Waals surface area contributed by atoms with Crippen molar-refractivity contribution in [3.8, 4) is 0 Å². The summed E-state index contributed by atoms with van der Waals surface area (Å²) < 4.78 is 1.75. The van der Waals surface area contributed by atoms with Gasteiger partial charge in [-0.05, 0) is 31.2 Å². The van der Waals surface area contributed by atoms with Crippen molar-refractivity contribution in [3.05, 3.63) is 63.7 Å². The molecule has 0 saturated heterocycles. The van der Waals surface area contributed by atoms with Gasteiger partial charge in [0.1, 0.15) is 5.03 Å². The Hall–Kier alpha value is -1.85. The van der Waals surface area contributed by atoms with E-state index in [1.165, 1.54) is 11.1 Å². The molecule has 0 atom stereocenters. The number of aliphatic hydroxyl groups is 1. The summed E-state index contributed by atoms with van der Waals surface area (Å²) in [6.07, 6.45) is 7.81. The lowest BCUT2D eigenvalue weighted by molar-refractivity contribution is 0.277. The summed E-state index contributed by atoms with van der Waals surface area (Å²) in [5, 5.41) is 9.89. The molecular formula is C19H22N2O2S. The highest BCUT2D eigenvalue weighted by atomic mass is 32.2. The minimum Gasteiger partial charge on any atom is -0.396 e. The van der Waals surface area contributed by atoms with Crippen LogP contribution in [0.15, 0.2) is 46.2 Å². The van der Waals surface area contributed by atoms with E-state index >= 15 is 0 Å². The Morgan fingerprint density at radius 1 is 1.25 bits per heavy atom. The van der Waals surface area contributed by atoms with Gasteiger partial charge in [0.15, 0.2) is 0 Å². The van der Waals surface area contributed by atoms with E-state index < -0.39 is 0 Å². The molecule has 0 unspecified atom stereocenters. The van der Waals surface area contributed by atoms with E-state index in [0.29, 0.717) is 13.0 Å². The maximum atomic E-state index is 12.3. The van der Waals surface area contributed by atoms with Crippen molar-refractivity contribution < 1.29 is 5.11 Å². The van der Waals surface area contributed by atoms with Gasteiger partial charge in [-0.1, -0.05) is 42.5 Å². The smallest absolute Gasteiger partial charge is 0.348 e. The first-order valence-corrected chi connectivity index (χ1v) is 9.36. The van der Waals surface area contributed by atoms with Gasteiger partial charge in [-0.2, -0.15) is 4.98 Å². The minimum absolute atomic E-state index is 0.0992. The lowest BCUT2D eigenvalue weighted by Gasteiger charge is -2.13. The van der Waals surface area contributed by atoms with Crippen LogP contribution < -0.4 is 5.69 Å². The van der Waals surface area contributed by atoms with Gasteiger partial charge in [-0.25, -0.2) is 4.79 Å². The Kier molecular flexibility index (Phi) is 5.88. The van der Waals surface area contributed by atoms with Crippen LogP contribution in [0.2, 0.25) is 0 Å². The molecule has 0 aliphatic heterocycles. The van der Waals surface area contributed by atoms with Crippen molar-refractivity contribution in [2.24, 2.45) is 0 Å². The molecule has 1 aliphatic rings. The molecule has 5 heteroatoms. The number of fused-ring (bicyclic) bond motifs is 1. The van der Waals surface area contributed by atoms with Crippen molar-refractivity contribution in [2.75, 3.05) is 12.4 Å². The highest BCUT2D eigenvalue weighted by Gasteiger charge is 2.21. The highest BCUT2D eigenvalue weighted by Crippen LogP contribution is 2.29. The van der Waals surface area contributed by atoms with Gasteiger partial charge in [-0.15, -0.1) is 11.8 Å². The van der Waals surface area contributed by atoms with E-state index in [-0.39, 0.29) is 12.3 Å². The summed E-state index contributed by atoms with van der Waals surface area (Å²) in [6.45, 7) is 0.658. The normalized spacial score (nSPS) is 13.5. The molecule has 0 radical (unpaired) electrons. The van der Waals surface area contributed by atoms with Crippen molar-refractivity contribution >= 4 is 17.8 Å². The van der Waals surface area contributed by atoms with Crippen LogP contribution in [0.5, 0.6) is 0 Å². The lowest BCUT2D eigenvalue weighted by Crippen LogP contribution is -2.27. The second-order valence-corrected chi connectivity index (χ2v) is 6.84. The van der Waals surface area contributed by atoms with Gasteiger partial charge in [0.2, 0.25) is 0 Å². The van der Waals surface area contributed by atoms with E-state index in [1.807, 2.05) is 18.2 Å². The minimum atomic E-state index is -0.182. The molecule has 24 heavy (non-hydrogen) atoms. The molecule has 4 nitrogen and oxygen atoms in total. The molecule has 0 fully saturated rings. The van der Waals surface area contributed by atoms with Gasteiger partial charge >= 0.3 is 5.69 Å². The molecule has 0 bridgehead atoms. The molecule has 126 valence electrons. The maximum absolute atomic E-state index is 12.3. The third-order valence-corrected chi connectivity index (χ3v) is 5.14. The number of hydrogen-bond acceptors (Lipinski definition) is 4. The fourth-order valence-corrected chi connectivity index (χ4v) is 3.93. The van der Waals surface area contributed by atoms with E-state index in [9.17, 15) is 4.79 Å². The Morgan fingerprint density at radius 2 is 2.08 bits per heavy atom. The molecule has 0 spiro atoms. The maximum Gasteiger partial charge on any atom is 0.348 e. The third-order valence-electron chi connectivity index (χ3n) is 4.17. The molecule has 2 aromatic rings. The molecule has 3 rings (SSSR count). The molecule has 1 aromatic heterocycles. The molecule has 1 N–H and O–H groups in total. The summed E-state index contributed by atoms with van der Waals surface area (Å²) >= 11 is 1.63. The third kappa shape index (κ3) is 3.97. The number of hydrogen-bond donors (Lipinski definition) is 1. The van der Waals surface area contributed by atoms with Gasteiger partial charge in [0.25, 0.3) is 0 Å². The fraction of sp³-hybridized carbons (Fsp3) is 0.368. The van der Waals surface area contributed by atoms with Crippen LogP contribution in [0.25, 0.3) is 6.08 Å². The average molecular weight is 342 g/mol.